The minimum absolute atomic E-state index is 0.0327. The Morgan fingerprint density at radius 1 is 0.562 bits per heavy atom. The lowest BCUT2D eigenvalue weighted by Gasteiger charge is -2.17. The normalized spacial score (nSPS) is 18.0. The van der Waals surface area contributed by atoms with Crippen molar-refractivity contribution in [1.29, 1.82) is 0 Å². The first-order valence-electron chi connectivity index (χ1n) is 13.6. The molecule has 0 fully saturated rings. The van der Waals surface area contributed by atoms with Gasteiger partial charge in [0, 0.05) is 11.1 Å². The zero-order chi connectivity index (χ0) is 34.6. The number of ketones is 2. The van der Waals surface area contributed by atoms with Gasteiger partial charge < -0.3 is 40.1 Å². The van der Waals surface area contributed by atoms with Gasteiger partial charge in [-0.25, -0.2) is 19.2 Å². The van der Waals surface area contributed by atoms with Crippen LogP contribution < -0.4 is 0 Å². The van der Waals surface area contributed by atoms with Crippen LogP contribution in [0.15, 0.2) is 101 Å². The third-order valence-electron chi connectivity index (χ3n) is 7.51. The van der Waals surface area contributed by atoms with Crippen molar-refractivity contribution in [2.45, 2.75) is 0 Å². The van der Waals surface area contributed by atoms with Crippen LogP contribution in [0, 0.1) is 0 Å². The lowest BCUT2D eigenvalue weighted by atomic mass is 9.83. The number of esters is 2. The summed E-state index contributed by atoms with van der Waals surface area (Å²) in [6, 6.07) is 12.8. The van der Waals surface area contributed by atoms with E-state index in [2.05, 4.69) is 0 Å². The fraction of sp³-hybridized carbons (Fsp3) is 0. The molecule has 3 aromatic rings. The number of carboxylic acid groups (broad SMARTS) is 2. The first-order valence-corrected chi connectivity index (χ1v) is 13.6. The van der Waals surface area contributed by atoms with Crippen molar-refractivity contribution in [3.8, 4) is 11.5 Å². The highest BCUT2D eigenvalue weighted by Crippen LogP contribution is 2.43. The van der Waals surface area contributed by atoms with Crippen molar-refractivity contribution >= 4 is 57.7 Å². The number of carbonyl (C=O) groups excluding carboxylic acids is 4. The number of hydrogen-bond acceptors (Lipinski definition) is 12. The summed E-state index contributed by atoms with van der Waals surface area (Å²) in [4.78, 5) is 76.0. The molecule has 14 heteroatoms. The Hall–Kier alpha value is -7.22. The molecule has 48 heavy (non-hydrogen) atoms. The molecule has 14 nitrogen and oxygen atoms in total. The van der Waals surface area contributed by atoms with E-state index in [1.54, 1.807) is 0 Å². The number of carbonyl (C=O) groups is 6. The van der Waals surface area contributed by atoms with E-state index in [0.717, 1.165) is 30.3 Å². The number of carboxylic acids is 2. The van der Waals surface area contributed by atoms with Gasteiger partial charge in [0.1, 0.15) is 33.8 Å². The third-order valence-corrected chi connectivity index (χ3v) is 7.51. The predicted molar refractivity (Wildman–Crippen MR) is 160 cm³/mol. The SMILES string of the molecule is O=C(O)C(=C1OC(=O)C(C2=CC(=O)C(=O)c3ccc(C4=C(O)C(=C(C(=O)O)c5ccc(O)cc5)OC4=O)cc32)=C1O)c1ccc(O)cc1. The van der Waals surface area contributed by atoms with Crippen LogP contribution in [0.1, 0.15) is 32.6 Å². The number of phenols is 2. The molecule has 0 radical (unpaired) electrons. The molecule has 0 bridgehead atoms. The molecule has 6 rings (SSSR count). The van der Waals surface area contributed by atoms with E-state index in [1.807, 2.05) is 0 Å². The molecule has 0 amide bonds. The molecule has 0 saturated carbocycles. The highest BCUT2D eigenvalue weighted by atomic mass is 16.6. The Morgan fingerprint density at radius 3 is 1.50 bits per heavy atom. The van der Waals surface area contributed by atoms with Crippen LogP contribution >= 0.6 is 0 Å². The van der Waals surface area contributed by atoms with Crippen LogP contribution in [-0.4, -0.2) is 66.1 Å². The summed E-state index contributed by atoms with van der Waals surface area (Å²) in [5.41, 5.74) is -3.69. The molecular formula is C34H18O14. The molecule has 6 N–H and O–H groups in total. The van der Waals surface area contributed by atoms with E-state index in [0.29, 0.717) is 6.08 Å². The van der Waals surface area contributed by atoms with Crippen LogP contribution in [0.4, 0.5) is 0 Å². The maximum atomic E-state index is 13.1. The molecule has 0 atom stereocenters. The fourth-order valence-electron chi connectivity index (χ4n) is 5.33. The Bertz CT molecular complexity index is 2210. The summed E-state index contributed by atoms with van der Waals surface area (Å²) in [6.45, 7) is 0. The maximum Gasteiger partial charge on any atom is 0.348 e. The summed E-state index contributed by atoms with van der Waals surface area (Å²) >= 11 is 0. The molecule has 2 heterocycles. The van der Waals surface area contributed by atoms with Crippen molar-refractivity contribution in [1.82, 2.24) is 0 Å². The number of ether oxygens (including phenoxy) is 2. The van der Waals surface area contributed by atoms with Crippen LogP contribution in [0.25, 0.3) is 22.3 Å². The number of Topliss-reactive ketones (excluding diaryl/α,β-unsaturated/α-hetero) is 1. The topological polar surface area (TPSA) is 242 Å². The number of aromatic hydroxyl groups is 2. The second-order valence-corrected chi connectivity index (χ2v) is 10.4. The molecule has 3 aromatic carbocycles. The van der Waals surface area contributed by atoms with E-state index in [-0.39, 0.29) is 44.9 Å². The van der Waals surface area contributed by atoms with Gasteiger partial charge in [-0.1, -0.05) is 30.3 Å². The first-order chi connectivity index (χ1) is 22.8. The number of rotatable bonds is 6. The number of aliphatic hydroxyl groups excluding tert-OH is 2. The minimum atomic E-state index is -1.62. The number of benzene rings is 3. The molecule has 3 aliphatic rings. The van der Waals surface area contributed by atoms with Gasteiger partial charge in [0.25, 0.3) is 0 Å². The Morgan fingerprint density at radius 2 is 1.02 bits per heavy atom. The molecule has 0 aromatic heterocycles. The van der Waals surface area contributed by atoms with Crippen molar-refractivity contribution < 1.29 is 68.9 Å². The maximum absolute atomic E-state index is 13.1. The Balaban J connectivity index is 1.53. The van der Waals surface area contributed by atoms with Crippen LogP contribution in [0.3, 0.4) is 0 Å². The first kappa shape index (κ1) is 30.8. The summed E-state index contributed by atoms with van der Waals surface area (Å²) in [7, 11) is 0. The van der Waals surface area contributed by atoms with E-state index >= 15 is 0 Å². The highest BCUT2D eigenvalue weighted by Gasteiger charge is 2.41. The monoisotopic (exact) mass is 650 g/mol. The summed E-state index contributed by atoms with van der Waals surface area (Å²) in [6.07, 6.45) is 0.713. The molecular weight excluding hydrogens is 632 g/mol. The number of phenolic OH excluding ortho intramolecular Hbond substituents is 2. The lowest BCUT2D eigenvalue weighted by molar-refractivity contribution is -0.134. The number of fused-ring (bicyclic) bond motifs is 1. The third kappa shape index (κ3) is 4.95. The quantitative estimate of drug-likeness (QED) is 0.127. The van der Waals surface area contributed by atoms with Gasteiger partial charge in [-0.2, -0.15) is 0 Å². The van der Waals surface area contributed by atoms with Gasteiger partial charge in [-0.15, -0.1) is 0 Å². The number of hydrogen-bond donors (Lipinski definition) is 6. The second-order valence-electron chi connectivity index (χ2n) is 10.4. The summed E-state index contributed by atoms with van der Waals surface area (Å²) < 4.78 is 10.3. The van der Waals surface area contributed by atoms with Gasteiger partial charge in [-0.05, 0) is 64.7 Å². The summed E-state index contributed by atoms with van der Waals surface area (Å²) in [5, 5.41) is 61.1. The van der Waals surface area contributed by atoms with Crippen molar-refractivity contribution in [3.05, 3.63) is 129 Å². The second kappa shape index (κ2) is 11.3. The average Bonchev–Trinajstić information content (AvgIpc) is 3.49. The van der Waals surface area contributed by atoms with Gasteiger partial charge >= 0.3 is 23.9 Å². The molecule has 238 valence electrons. The summed E-state index contributed by atoms with van der Waals surface area (Å²) in [5.74, 6) is -11.6. The number of aliphatic hydroxyl groups is 2. The number of cyclic esters (lactones) is 2. The smallest absolute Gasteiger partial charge is 0.348 e. The Kier molecular flexibility index (Phi) is 7.25. The minimum Gasteiger partial charge on any atom is -0.508 e. The van der Waals surface area contributed by atoms with Crippen LogP contribution in [0.2, 0.25) is 0 Å². The van der Waals surface area contributed by atoms with E-state index in [4.69, 9.17) is 9.47 Å². The molecule has 2 aliphatic heterocycles. The van der Waals surface area contributed by atoms with Crippen LogP contribution in [0.5, 0.6) is 11.5 Å². The molecule has 0 spiro atoms. The van der Waals surface area contributed by atoms with Crippen molar-refractivity contribution in [2.75, 3.05) is 0 Å². The average molecular weight is 651 g/mol. The Labute approximate surface area is 267 Å². The molecule has 1 aliphatic carbocycles. The van der Waals surface area contributed by atoms with E-state index in [9.17, 15) is 59.4 Å². The zero-order valence-corrected chi connectivity index (χ0v) is 23.9. The fourth-order valence-corrected chi connectivity index (χ4v) is 5.33. The number of allylic oxidation sites excluding steroid dienone is 1. The van der Waals surface area contributed by atoms with Gasteiger partial charge in [0.15, 0.2) is 23.0 Å². The van der Waals surface area contributed by atoms with E-state index < -0.39 is 80.8 Å². The van der Waals surface area contributed by atoms with Crippen LogP contribution in [-0.2, 0) is 33.4 Å². The number of aliphatic carboxylic acids is 2. The molecule has 0 unspecified atom stereocenters. The lowest BCUT2D eigenvalue weighted by Crippen LogP contribution is -2.21. The molecule has 0 saturated heterocycles. The zero-order valence-electron chi connectivity index (χ0n) is 23.9. The van der Waals surface area contributed by atoms with Crippen molar-refractivity contribution in [2.24, 2.45) is 0 Å². The van der Waals surface area contributed by atoms with Gasteiger partial charge in [0.2, 0.25) is 11.6 Å². The largest absolute Gasteiger partial charge is 0.508 e. The van der Waals surface area contributed by atoms with E-state index in [1.165, 1.54) is 36.4 Å². The highest BCUT2D eigenvalue weighted by molar-refractivity contribution is 6.51. The van der Waals surface area contributed by atoms with Crippen molar-refractivity contribution in [3.63, 3.8) is 0 Å². The predicted octanol–water partition coefficient (Wildman–Crippen LogP) is 3.43. The standard InChI is InChI=1S/C34H18O14/c35-16-6-1-13(2-7-16)23(31(41)42)29-27(39)22(33(45)47-29)15-5-10-18-19(11-15)20(12-21(37)26(18)38)25-28(40)30(48-34(25)46)24(32(43)44)14-3-8-17(36)9-4-14/h1-12,35-36,39-40H,(H,41,42)(H,43,44). The van der Waals surface area contributed by atoms with Gasteiger partial charge in [0.05, 0.1) is 0 Å². The van der Waals surface area contributed by atoms with Gasteiger partial charge in [-0.3, -0.25) is 9.59 Å².